The van der Waals surface area contributed by atoms with Crippen LogP contribution in [0.5, 0.6) is 0 Å². The fourth-order valence-corrected chi connectivity index (χ4v) is 1.73. The molecule has 2 N–H and O–H groups in total. The molecule has 0 spiro atoms. The number of benzene rings is 1. The number of ether oxygens (including phenoxy) is 1. The minimum atomic E-state index is 0. The summed E-state index contributed by atoms with van der Waals surface area (Å²) in [5.41, 5.74) is 9.78. The van der Waals surface area contributed by atoms with E-state index >= 15 is 0 Å². The summed E-state index contributed by atoms with van der Waals surface area (Å²) in [6, 6.07) is 6.41. The lowest BCUT2D eigenvalue weighted by Crippen LogP contribution is -2.31. The normalized spacial score (nSPS) is 25.1. The van der Waals surface area contributed by atoms with Gasteiger partial charge in [-0.25, -0.2) is 0 Å². The molecule has 0 saturated carbocycles. The maximum atomic E-state index is 6.03. The first-order valence-electron chi connectivity index (χ1n) is 4.65. The number of hydrogen-bond donors (Lipinski definition) is 1. The predicted octanol–water partition coefficient (Wildman–Crippen LogP) is 2.34. The third-order valence-corrected chi connectivity index (χ3v) is 2.67. The molecule has 0 amide bonds. The van der Waals surface area contributed by atoms with Gasteiger partial charge in [-0.3, -0.25) is 0 Å². The second-order valence-electron chi connectivity index (χ2n) is 3.74. The molecule has 2 atom stereocenters. The quantitative estimate of drug-likeness (QED) is 0.718. The number of nitrogens with two attached hydrogens (primary N) is 1. The molecule has 0 radical (unpaired) electrons. The Morgan fingerprint density at radius 1 is 1.43 bits per heavy atom. The molecule has 1 heterocycles. The Morgan fingerprint density at radius 2 is 2.14 bits per heavy atom. The molecule has 0 bridgehead atoms. The Bertz CT molecular complexity index is 327. The highest BCUT2D eigenvalue weighted by molar-refractivity contribution is 5.85. The van der Waals surface area contributed by atoms with Gasteiger partial charge in [-0.1, -0.05) is 23.8 Å². The molecule has 1 aliphatic rings. The van der Waals surface area contributed by atoms with Gasteiger partial charge in [-0.05, 0) is 25.0 Å². The summed E-state index contributed by atoms with van der Waals surface area (Å²) in [6.07, 6.45) is 0.134. The van der Waals surface area contributed by atoms with Crippen LogP contribution >= 0.6 is 12.4 Å². The fourth-order valence-electron chi connectivity index (χ4n) is 1.73. The summed E-state index contributed by atoms with van der Waals surface area (Å²) < 4.78 is 5.53. The van der Waals surface area contributed by atoms with Crippen LogP contribution in [0.3, 0.4) is 0 Å². The summed E-state index contributed by atoms with van der Waals surface area (Å²) >= 11 is 0. The molecule has 78 valence electrons. The number of fused-ring (bicyclic) bond motifs is 1. The molecule has 2 nitrogen and oxygen atoms in total. The third kappa shape index (κ3) is 1.92. The lowest BCUT2D eigenvalue weighted by Gasteiger charge is -2.29. The predicted molar refractivity (Wildman–Crippen MR) is 59.6 cm³/mol. The lowest BCUT2D eigenvalue weighted by atomic mass is 9.94. The van der Waals surface area contributed by atoms with E-state index in [0.717, 1.165) is 0 Å². The molecule has 3 heteroatoms. The van der Waals surface area contributed by atoms with Gasteiger partial charge in [0.05, 0.1) is 18.8 Å². The van der Waals surface area contributed by atoms with Crippen LogP contribution in [0.25, 0.3) is 0 Å². The van der Waals surface area contributed by atoms with Crippen molar-refractivity contribution in [3.05, 3.63) is 34.9 Å². The van der Waals surface area contributed by atoms with Crippen molar-refractivity contribution >= 4 is 12.4 Å². The molecule has 0 unspecified atom stereocenters. The molecule has 2 rings (SSSR count). The van der Waals surface area contributed by atoms with Crippen LogP contribution in [0.1, 0.15) is 29.7 Å². The van der Waals surface area contributed by atoms with E-state index < -0.39 is 0 Å². The molecular formula is C11H16ClNO. The molecule has 0 aliphatic carbocycles. The van der Waals surface area contributed by atoms with Gasteiger partial charge in [0.25, 0.3) is 0 Å². The number of hydrogen-bond acceptors (Lipinski definition) is 2. The summed E-state index contributed by atoms with van der Waals surface area (Å²) in [7, 11) is 0. The van der Waals surface area contributed by atoms with Crippen molar-refractivity contribution in [1.82, 2.24) is 0 Å². The van der Waals surface area contributed by atoms with Crippen LogP contribution in [0.15, 0.2) is 18.2 Å². The van der Waals surface area contributed by atoms with Crippen LogP contribution < -0.4 is 5.73 Å². The van der Waals surface area contributed by atoms with Crippen molar-refractivity contribution in [2.45, 2.75) is 32.6 Å². The van der Waals surface area contributed by atoms with Gasteiger partial charge in [0, 0.05) is 0 Å². The first-order valence-corrected chi connectivity index (χ1v) is 4.65. The second kappa shape index (κ2) is 4.30. The van der Waals surface area contributed by atoms with Gasteiger partial charge in [-0.15, -0.1) is 12.4 Å². The Labute approximate surface area is 90.9 Å². The van der Waals surface area contributed by atoms with E-state index in [4.69, 9.17) is 10.5 Å². The minimum absolute atomic E-state index is 0. The van der Waals surface area contributed by atoms with Gasteiger partial charge in [0.15, 0.2) is 0 Å². The maximum absolute atomic E-state index is 6.03. The van der Waals surface area contributed by atoms with Crippen molar-refractivity contribution in [3.63, 3.8) is 0 Å². The van der Waals surface area contributed by atoms with Crippen LogP contribution in [-0.2, 0) is 11.3 Å². The van der Waals surface area contributed by atoms with Crippen LogP contribution in [0.2, 0.25) is 0 Å². The highest BCUT2D eigenvalue weighted by Gasteiger charge is 2.23. The van der Waals surface area contributed by atoms with Crippen LogP contribution in [0.4, 0.5) is 0 Å². The molecule has 0 fully saturated rings. The Morgan fingerprint density at radius 3 is 2.86 bits per heavy atom. The van der Waals surface area contributed by atoms with Crippen molar-refractivity contribution in [2.24, 2.45) is 5.73 Å². The Hall–Kier alpha value is -0.570. The average Bonchev–Trinajstić information content (AvgIpc) is 2.12. The van der Waals surface area contributed by atoms with Gasteiger partial charge in [0.2, 0.25) is 0 Å². The van der Waals surface area contributed by atoms with Gasteiger partial charge in [0.1, 0.15) is 0 Å². The van der Waals surface area contributed by atoms with E-state index in [1.54, 1.807) is 0 Å². The summed E-state index contributed by atoms with van der Waals surface area (Å²) in [5, 5.41) is 0. The largest absolute Gasteiger partial charge is 0.372 e. The van der Waals surface area contributed by atoms with E-state index in [9.17, 15) is 0 Å². The summed E-state index contributed by atoms with van der Waals surface area (Å²) in [5.74, 6) is 0. The van der Waals surface area contributed by atoms with Crippen LogP contribution in [-0.4, -0.2) is 6.10 Å². The molecule has 0 saturated heterocycles. The highest BCUT2D eigenvalue weighted by atomic mass is 35.5. The second-order valence-corrected chi connectivity index (χ2v) is 3.74. The van der Waals surface area contributed by atoms with Crippen molar-refractivity contribution in [2.75, 3.05) is 0 Å². The minimum Gasteiger partial charge on any atom is -0.372 e. The van der Waals surface area contributed by atoms with Gasteiger partial charge in [-0.2, -0.15) is 0 Å². The van der Waals surface area contributed by atoms with Crippen molar-refractivity contribution in [3.8, 4) is 0 Å². The van der Waals surface area contributed by atoms with Crippen molar-refractivity contribution < 1.29 is 4.74 Å². The Kier molecular flexibility index (Phi) is 3.53. The first kappa shape index (κ1) is 11.5. The van der Waals surface area contributed by atoms with Crippen molar-refractivity contribution in [1.29, 1.82) is 0 Å². The van der Waals surface area contributed by atoms with E-state index in [0.29, 0.717) is 6.61 Å². The lowest BCUT2D eigenvalue weighted by molar-refractivity contribution is 0.0213. The monoisotopic (exact) mass is 213 g/mol. The zero-order chi connectivity index (χ0) is 9.42. The smallest absolute Gasteiger partial charge is 0.0744 e. The van der Waals surface area contributed by atoms with E-state index in [-0.39, 0.29) is 24.6 Å². The number of rotatable bonds is 0. The topological polar surface area (TPSA) is 35.2 Å². The number of halogens is 1. The molecule has 0 aromatic heterocycles. The molecule has 1 aromatic rings. The average molecular weight is 214 g/mol. The maximum Gasteiger partial charge on any atom is 0.0744 e. The van der Waals surface area contributed by atoms with Gasteiger partial charge >= 0.3 is 0 Å². The van der Waals surface area contributed by atoms with Gasteiger partial charge < -0.3 is 10.5 Å². The molecular weight excluding hydrogens is 198 g/mol. The SMILES string of the molecule is Cc1ccc2c(c1)[C@H](N)[C@H](C)OC2.Cl. The standard InChI is InChI=1S/C11H15NO.ClH/c1-7-3-4-9-6-13-8(2)11(12)10(9)5-7;/h3-5,8,11H,6,12H2,1-2H3;1H/t8-,11+;/m0./s1. The van der Waals surface area contributed by atoms with E-state index in [2.05, 4.69) is 25.1 Å². The molecule has 1 aliphatic heterocycles. The Balaban J connectivity index is 0.000000980. The molecule has 14 heavy (non-hydrogen) atoms. The first-order chi connectivity index (χ1) is 6.18. The van der Waals surface area contributed by atoms with E-state index in [1.165, 1.54) is 16.7 Å². The molecule has 1 aromatic carbocycles. The van der Waals surface area contributed by atoms with E-state index in [1.807, 2.05) is 6.92 Å². The number of aryl methyl sites for hydroxylation is 1. The summed E-state index contributed by atoms with van der Waals surface area (Å²) in [6.45, 7) is 4.81. The zero-order valence-electron chi connectivity index (χ0n) is 8.49. The fraction of sp³-hybridized carbons (Fsp3) is 0.455. The zero-order valence-corrected chi connectivity index (χ0v) is 9.30. The highest BCUT2D eigenvalue weighted by Crippen LogP contribution is 2.27. The van der Waals surface area contributed by atoms with Crippen LogP contribution in [0, 0.1) is 6.92 Å². The third-order valence-electron chi connectivity index (χ3n) is 2.67. The summed E-state index contributed by atoms with van der Waals surface area (Å²) in [4.78, 5) is 0.